The smallest absolute Gasteiger partial charge is 0.416 e. The van der Waals surface area contributed by atoms with E-state index in [-0.39, 0.29) is 35.3 Å². The highest BCUT2D eigenvalue weighted by atomic mass is 32.1. The van der Waals surface area contributed by atoms with Crippen LogP contribution in [-0.2, 0) is 22.1 Å². The highest BCUT2D eigenvalue weighted by Crippen LogP contribution is 2.45. The fourth-order valence-electron chi connectivity index (χ4n) is 4.20. The SMILES string of the molecule is CC(=O)OCN(CCc1c[nH]c2ccccc12)C(=O)c1nc(C2CC2)sc1-c1cc(F)cc(C(F)(F)F)c1. The van der Waals surface area contributed by atoms with Gasteiger partial charge in [-0.3, -0.25) is 9.59 Å². The third kappa shape index (κ3) is 5.57. The van der Waals surface area contributed by atoms with Gasteiger partial charge in [-0.05, 0) is 54.7 Å². The zero-order valence-electron chi connectivity index (χ0n) is 20.3. The second kappa shape index (κ2) is 10.2. The van der Waals surface area contributed by atoms with E-state index in [4.69, 9.17) is 4.74 Å². The van der Waals surface area contributed by atoms with E-state index >= 15 is 0 Å². The Hall–Kier alpha value is -3.73. The normalized spacial score (nSPS) is 13.6. The fraction of sp³-hybridized carbons (Fsp3) is 0.296. The number of hydrogen-bond acceptors (Lipinski definition) is 5. The van der Waals surface area contributed by atoms with E-state index in [2.05, 4.69) is 9.97 Å². The van der Waals surface area contributed by atoms with Gasteiger partial charge < -0.3 is 14.6 Å². The van der Waals surface area contributed by atoms with Crippen molar-refractivity contribution in [2.24, 2.45) is 0 Å². The number of hydrogen-bond donors (Lipinski definition) is 1. The average molecular weight is 546 g/mol. The van der Waals surface area contributed by atoms with Gasteiger partial charge in [0.05, 0.1) is 15.4 Å². The number of thiazole rings is 1. The Morgan fingerprint density at radius 2 is 1.95 bits per heavy atom. The number of esters is 1. The second-order valence-electron chi connectivity index (χ2n) is 9.17. The van der Waals surface area contributed by atoms with Crippen LogP contribution in [0.15, 0.2) is 48.7 Å². The van der Waals surface area contributed by atoms with Crippen LogP contribution in [0, 0.1) is 5.82 Å². The quantitative estimate of drug-likeness (QED) is 0.155. The zero-order valence-corrected chi connectivity index (χ0v) is 21.1. The molecule has 5 rings (SSSR count). The number of halogens is 4. The number of fused-ring (bicyclic) bond motifs is 1. The second-order valence-corrected chi connectivity index (χ2v) is 10.2. The summed E-state index contributed by atoms with van der Waals surface area (Å²) in [5.74, 6) is -2.15. The van der Waals surface area contributed by atoms with Crippen molar-refractivity contribution < 1.29 is 31.9 Å². The van der Waals surface area contributed by atoms with E-state index < -0.39 is 29.4 Å². The molecule has 0 unspecified atom stereocenters. The Labute approximate surface area is 219 Å². The minimum atomic E-state index is -4.76. The molecule has 2 aromatic carbocycles. The molecule has 1 aliphatic rings. The number of benzene rings is 2. The van der Waals surface area contributed by atoms with Gasteiger partial charge in [-0.1, -0.05) is 18.2 Å². The van der Waals surface area contributed by atoms with Gasteiger partial charge in [0.2, 0.25) is 0 Å². The summed E-state index contributed by atoms with van der Waals surface area (Å²) >= 11 is 1.09. The lowest BCUT2D eigenvalue weighted by Crippen LogP contribution is -2.36. The molecule has 1 N–H and O–H groups in total. The summed E-state index contributed by atoms with van der Waals surface area (Å²) in [4.78, 5) is 34.4. The molecular weight excluding hydrogens is 522 g/mol. The van der Waals surface area contributed by atoms with Crippen molar-refractivity contribution in [1.82, 2.24) is 14.9 Å². The van der Waals surface area contributed by atoms with E-state index in [1.807, 2.05) is 30.5 Å². The molecule has 38 heavy (non-hydrogen) atoms. The van der Waals surface area contributed by atoms with E-state index in [1.165, 1.54) is 11.8 Å². The van der Waals surface area contributed by atoms with Gasteiger partial charge >= 0.3 is 12.1 Å². The summed E-state index contributed by atoms with van der Waals surface area (Å²) in [5.41, 5.74) is 0.570. The minimum Gasteiger partial charge on any atom is -0.444 e. The molecule has 0 spiro atoms. The topological polar surface area (TPSA) is 75.3 Å². The minimum absolute atomic E-state index is 0.0749. The molecule has 0 saturated heterocycles. The number of carbonyl (C=O) groups excluding carboxylic acids is 2. The summed E-state index contributed by atoms with van der Waals surface area (Å²) in [6, 6.07) is 9.89. The predicted molar refractivity (Wildman–Crippen MR) is 134 cm³/mol. The Bertz CT molecular complexity index is 1510. The molecule has 2 aromatic heterocycles. The van der Waals surface area contributed by atoms with Crippen molar-refractivity contribution >= 4 is 34.1 Å². The first-order valence-corrected chi connectivity index (χ1v) is 12.8. The first-order valence-electron chi connectivity index (χ1n) is 12.0. The number of aromatic amines is 1. The lowest BCUT2D eigenvalue weighted by molar-refractivity contribution is -0.144. The molecule has 11 heteroatoms. The highest BCUT2D eigenvalue weighted by Gasteiger charge is 2.35. The van der Waals surface area contributed by atoms with Gasteiger partial charge in [0.1, 0.15) is 11.5 Å². The average Bonchev–Trinajstić information content (AvgIpc) is 3.49. The number of nitrogens with zero attached hydrogens (tertiary/aromatic N) is 2. The third-order valence-corrected chi connectivity index (χ3v) is 7.56. The number of H-pyrrole nitrogens is 1. The van der Waals surface area contributed by atoms with Gasteiger partial charge in [0.25, 0.3) is 5.91 Å². The molecule has 1 saturated carbocycles. The van der Waals surface area contributed by atoms with Gasteiger partial charge in [0, 0.05) is 36.5 Å². The van der Waals surface area contributed by atoms with Gasteiger partial charge in [0.15, 0.2) is 6.73 Å². The van der Waals surface area contributed by atoms with Crippen LogP contribution >= 0.6 is 11.3 Å². The molecule has 198 valence electrons. The van der Waals surface area contributed by atoms with Gasteiger partial charge in [-0.25, -0.2) is 9.37 Å². The summed E-state index contributed by atoms with van der Waals surface area (Å²) in [5, 5.41) is 1.60. The van der Waals surface area contributed by atoms with Gasteiger partial charge in [-0.15, -0.1) is 11.3 Å². The van der Waals surface area contributed by atoms with Crippen molar-refractivity contribution in [3.63, 3.8) is 0 Å². The maximum atomic E-state index is 14.3. The van der Waals surface area contributed by atoms with Crippen LogP contribution < -0.4 is 0 Å². The standard InChI is InChI=1S/C27H23F4N3O3S/c1-15(35)37-14-34(9-8-17-13-32-22-5-3-2-4-21(17)22)26(36)23-24(38-25(33-23)16-6-7-16)18-10-19(27(29,30)31)12-20(28)11-18/h2-5,10-13,16,32H,6-9,14H2,1H3. The van der Waals surface area contributed by atoms with Crippen LogP contribution in [0.1, 0.15) is 52.3 Å². The van der Waals surface area contributed by atoms with Crippen molar-refractivity contribution in [2.45, 2.75) is 38.3 Å². The van der Waals surface area contributed by atoms with Crippen LogP contribution in [0.5, 0.6) is 0 Å². The molecule has 6 nitrogen and oxygen atoms in total. The summed E-state index contributed by atoms with van der Waals surface area (Å²) in [7, 11) is 0. The molecule has 0 radical (unpaired) electrons. The Morgan fingerprint density at radius 3 is 2.66 bits per heavy atom. The number of carbonyl (C=O) groups is 2. The maximum absolute atomic E-state index is 14.3. The zero-order chi connectivity index (χ0) is 27.0. The fourth-order valence-corrected chi connectivity index (χ4v) is 5.42. The number of ether oxygens (including phenoxy) is 1. The molecular formula is C27H23F4N3O3S. The number of aromatic nitrogens is 2. The Kier molecular flexibility index (Phi) is 6.95. The van der Waals surface area contributed by atoms with Crippen molar-refractivity contribution in [2.75, 3.05) is 13.3 Å². The van der Waals surface area contributed by atoms with E-state index in [0.717, 1.165) is 52.8 Å². The molecule has 0 atom stereocenters. The van der Waals surface area contributed by atoms with Crippen LogP contribution in [0.25, 0.3) is 21.3 Å². The number of nitrogens with one attached hydrogen (secondary N) is 1. The first-order chi connectivity index (χ1) is 18.1. The van der Waals surface area contributed by atoms with Crippen molar-refractivity contribution in [3.05, 3.63) is 76.3 Å². The summed E-state index contributed by atoms with van der Waals surface area (Å²) in [6.45, 7) is 1.01. The number of rotatable bonds is 8. The van der Waals surface area contributed by atoms with Gasteiger partial charge in [-0.2, -0.15) is 13.2 Å². The predicted octanol–water partition coefficient (Wildman–Crippen LogP) is 6.53. The highest BCUT2D eigenvalue weighted by molar-refractivity contribution is 7.15. The molecule has 1 aliphatic carbocycles. The number of alkyl halides is 3. The summed E-state index contributed by atoms with van der Waals surface area (Å²) in [6.07, 6.45) is -0.787. The maximum Gasteiger partial charge on any atom is 0.416 e. The van der Waals surface area contributed by atoms with Crippen LogP contribution in [0.3, 0.4) is 0 Å². The Balaban J connectivity index is 1.50. The van der Waals surface area contributed by atoms with E-state index in [1.54, 1.807) is 0 Å². The Morgan fingerprint density at radius 1 is 1.18 bits per heavy atom. The largest absolute Gasteiger partial charge is 0.444 e. The van der Waals surface area contributed by atoms with E-state index in [9.17, 15) is 27.2 Å². The van der Waals surface area contributed by atoms with E-state index in [0.29, 0.717) is 17.5 Å². The van der Waals surface area contributed by atoms with Crippen LogP contribution in [-0.4, -0.2) is 40.0 Å². The molecule has 2 heterocycles. The van der Waals surface area contributed by atoms with Crippen molar-refractivity contribution in [1.29, 1.82) is 0 Å². The third-order valence-electron chi connectivity index (χ3n) is 6.30. The molecule has 0 bridgehead atoms. The van der Waals surface area contributed by atoms with Crippen molar-refractivity contribution in [3.8, 4) is 10.4 Å². The lowest BCUT2D eigenvalue weighted by atomic mass is 10.1. The summed E-state index contributed by atoms with van der Waals surface area (Å²) < 4.78 is 59.6. The first kappa shape index (κ1) is 25.9. The molecule has 1 fully saturated rings. The molecule has 1 amide bonds. The number of para-hydroxylation sites is 1. The molecule has 4 aromatic rings. The molecule has 0 aliphatic heterocycles. The number of amides is 1. The van der Waals surface area contributed by atoms with Crippen LogP contribution in [0.4, 0.5) is 17.6 Å². The van der Waals surface area contributed by atoms with Crippen LogP contribution in [0.2, 0.25) is 0 Å². The lowest BCUT2D eigenvalue weighted by Gasteiger charge is -2.22. The monoisotopic (exact) mass is 545 g/mol.